The molecular weight excluding hydrogens is 248 g/mol. The van der Waals surface area contributed by atoms with Crippen molar-refractivity contribution in [1.29, 1.82) is 0 Å². The average Bonchev–Trinajstić information content (AvgIpc) is 2.75. The van der Waals surface area contributed by atoms with Crippen LogP contribution in [0.1, 0.15) is 39.5 Å². The number of nitrogens with one attached hydrogen (secondary N) is 1. The summed E-state index contributed by atoms with van der Waals surface area (Å²) in [5.74, 6) is 0. The molecule has 0 fully saturated rings. The summed E-state index contributed by atoms with van der Waals surface area (Å²) in [6, 6.07) is 0.121. The van der Waals surface area contributed by atoms with E-state index in [1.54, 1.807) is 6.82 Å². The molecule has 2 N–H and O–H groups in total. The lowest BCUT2D eigenvalue weighted by atomic mass is 9.87. The standard InChI is InChI=1S/C12H25BNO3P/c1-4-6-9-18(16,17-5-2)12-8-7-11(10-12)14-13(3)15/h10-11,14-15H,4-9H2,1-3H3. The van der Waals surface area contributed by atoms with Gasteiger partial charge in [0.25, 0.3) is 0 Å². The van der Waals surface area contributed by atoms with Crippen LogP contribution in [0.15, 0.2) is 11.4 Å². The molecule has 0 aliphatic heterocycles. The molecule has 1 aliphatic carbocycles. The van der Waals surface area contributed by atoms with Gasteiger partial charge < -0.3 is 14.8 Å². The van der Waals surface area contributed by atoms with Gasteiger partial charge in [-0.2, -0.15) is 0 Å². The van der Waals surface area contributed by atoms with Gasteiger partial charge >= 0.3 is 7.05 Å². The van der Waals surface area contributed by atoms with Crippen LogP contribution in [0.3, 0.4) is 0 Å². The van der Waals surface area contributed by atoms with E-state index in [4.69, 9.17) is 4.52 Å². The SMILES string of the molecule is CCCCP(=O)(OCC)C1=CC(NB(C)O)CC1. The van der Waals surface area contributed by atoms with E-state index in [9.17, 15) is 9.59 Å². The van der Waals surface area contributed by atoms with Gasteiger partial charge in [0.05, 0.1) is 6.61 Å². The number of unbranched alkanes of at least 4 members (excludes halogenated alkanes) is 1. The quantitative estimate of drug-likeness (QED) is 0.527. The smallest absolute Gasteiger partial charge is 0.374 e. The Kier molecular flexibility index (Phi) is 6.65. The molecule has 4 nitrogen and oxygen atoms in total. The number of hydrogen-bond donors (Lipinski definition) is 2. The van der Waals surface area contributed by atoms with E-state index in [0.29, 0.717) is 12.8 Å². The molecule has 0 heterocycles. The predicted octanol–water partition coefficient (Wildman–Crippen LogP) is 2.85. The minimum absolute atomic E-state index is 0.121. The van der Waals surface area contributed by atoms with Crippen molar-refractivity contribution in [2.45, 2.75) is 52.4 Å². The second-order valence-corrected chi connectivity index (χ2v) is 7.44. The lowest BCUT2D eigenvalue weighted by Crippen LogP contribution is -2.37. The molecule has 0 spiro atoms. The van der Waals surface area contributed by atoms with Crippen LogP contribution in [0.4, 0.5) is 0 Å². The molecule has 0 amide bonds. The van der Waals surface area contributed by atoms with E-state index < -0.39 is 14.4 Å². The zero-order valence-corrected chi connectivity index (χ0v) is 12.6. The van der Waals surface area contributed by atoms with Crippen LogP contribution >= 0.6 is 7.37 Å². The van der Waals surface area contributed by atoms with E-state index >= 15 is 0 Å². The third-order valence-corrected chi connectivity index (χ3v) is 5.97. The van der Waals surface area contributed by atoms with E-state index in [0.717, 1.165) is 31.0 Å². The first-order valence-corrected chi connectivity index (χ1v) is 8.71. The fraction of sp³-hybridized carbons (Fsp3) is 0.833. The van der Waals surface area contributed by atoms with E-state index in [1.807, 2.05) is 13.0 Å². The van der Waals surface area contributed by atoms with Gasteiger partial charge in [-0.1, -0.05) is 19.4 Å². The van der Waals surface area contributed by atoms with Crippen molar-refractivity contribution < 1.29 is 14.1 Å². The van der Waals surface area contributed by atoms with E-state index in [1.165, 1.54) is 0 Å². The molecular formula is C12H25BNO3P. The van der Waals surface area contributed by atoms with Crippen LogP contribution in [-0.2, 0) is 9.09 Å². The highest BCUT2D eigenvalue weighted by atomic mass is 31.2. The summed E-state index contributed by atoms with van der Waals surface area (Å²) < 4.78 is 18.4. The van der Waals surface area contributed by atoms with Crippen LogP contribution in [-0.4, -0.2) is 30.9 Å². The molecule has 2 unspecified atom stereocenters. The summed E-state index contributed by atoms with van der Waals surface area (Å²) in [5.41, 5.74) is 0. The third kappa shape index (κ3) is 4.54. The minimum atomic E-state index is -2.62. The topological polar surface area (TPSA) is 58.6 Å². The molecule has 104 valence electrons. The Balaban J connectivity index is 2.71. The molecule has 0 aromatic rings. The second kappa shape index (κ2) is 7.49. The summed E-state index contributed by atoms with van der Waals surface area (Å²) in [4.78, 5) is 0. The summed E-state index contributed by atoms with van der Waals surface area (Å²) in [6.07, 6.45) is 6.31. The Morgan fingerprint density at radius 2 is 2.33 bits per heavy atom. The van der Waals surface area contributed by atoms with Gasteiger partial charge in [0.2, 0.25) is 7.37 Å². The summed E-state index contributed by atoms with van der Waals surface area (Å²) in [7, 11) is -3.16. The van der Waals surface area contributed by atoms with Crippen LogP contribution < -0.4 is 5.23 Å². The fourth-order valence-electron chi connectivity index (χ4n) is 2.29. The predicted molar refractivity (Wildman–Crippen MR) is 77.1 cm³/mol. The highest BCUT2D eigenvalue weighted by Gasteiger charge is 2.32. The monoisotopic (exact) mass is 273 g/mol. The van der Waals surface area contributed by atoms with Crippen molar-refractivity contribution in [2.75, 3.05) is 12.8 Å². The Hall–Kier alpha value is -0.0851. The molecule has 1 aliphatic rings. The molecule has 0 aromatic heterocycles. The Bertz CT molecular complexity index is 333. The number of rotatable bonds is 8. The first-order valence-electron chi connectivity index (χ1n) is 6.90. The van der Waals surface area contributed by atoms with Gasteiger partial charge in [-0.3, -0.25) is 4.57 Å². The van der Waals surface area contributed by atoms with Crippen molar-refractivity contribution in [2.24, 2.45) is 0 Å². The van der Waals surface area contributed by atoms with Gasteiger partial charge in [-0.15, -0.1) is 0 Å². The van der Waals surface area contributed by atoms with Crippen LogP contribution in [0.25, 0.3) is 0 Å². The maximum Gasteiger partial charge on any atom is 0.374 e. The van der Waals surface area contributed by atoms with Crippen molar-refractivity contribution >= 4 is 14.4 Å². The maximum atomic E-state index is 12.8. The fourth-order valence-corrected chi connectivity index (χ4v) is 4.90. The average molecular weight is 273 g/mol. The highest BCUT2D eigenvalue weighted by molar-refractivity contribution is 7.63. The molecule has 0 saturated carbocycles. The zero-order chi connectivity index (χ0) is 13.6. The minimum Gasteiger partial charge on any atom is -0.437 e. The van der Waals surface area contributed by atoms with Crippen LogP contribution in [0.5, 0.6) is 0 Å². The Morgan fingerprint density at radius 3 is 2.89 bits per heavy atom. The molecule has 18 heavy (non-hydrogen) atoms. The third-order valence-electron chi connectivity index (χ3n) is 3.14. The van der Waals surface area contributed by atoms with Crippen LogP contribution in [0, 0.1) is 0 Å². The second-order valence-electron chi connectivity index (χ2n) is 4.81. The molecule has 1 rings (SSSR count). The number of hydrogen-bond acceptors (Lipinski definition) is 4. The van der Waals surface area contributed by atoms with Gasteiger partial charge in [0, 0.05) is 17.5 Å². The van der Waals surface area contributed by atoms with Crippen molar-refractivity contribution in [3.63, 3.8) is 0 Å². The summed E-state index contributed by atoms with van der Waals surface area (Å²) in [5, 5.41) is 13.3. The highest BCUT2D eigenvalue weighted by Crippen LogP contribution is 2.58. The zero-order valence-electron chi connectivity index (χ0n) is 11.7. The van der Waals surface area contributed by atoms with E-state index in [2.05, 4.69) is 12.2 Å². The lowest BCUT2D eigenvalue weighted by molar-refractivity contribution is 0.336. The van der Waals surface area contributed by atoms with Crippen molar-refractivity contribution in [3.8, 4) is 0 Å². The summed E-state index contributed by atoms with van der Waals surface area (Å²) >= 11 is 0. The van der Waals surface area contributed by atoms with Crippen LogP contribution in [0.2, 0.25) is 6.82 Å². The largest absolute Gasteiger partial charge is 0.437 e. The van der Waals surface area contributed by atoms with E-state index in [-0.39, 0.29) is 6.04 Å². The first-order chi connectivity index (χ1) is 8.51. The summed E-state index contributed by atoms with van der Waals surface area (Å²) in [6.45, 7) is 6.18. The molecule has 2 atom stereocenters. The van der Waals surface area contributed by atoms with Gasteiger partial charge in [-0.25, -0.2) is 0 Å². The molecule has 6 heteroatoms. The molecule has 0 saturated heterocycles. The van der Waals surface area contributed by atoms with Gasteiger partial charge in [0.1, 0.15) is 0 Å². The van der Waals surface area contributed by atoms with Gasteiger partial charge in [-0.05, 0) is 33.0 Å². The lowest BCUT2D eigenvalue weighted by Gasteiger charge is -2.18. The maximum absolute atomic E-state index is 12.8. The molecule has 0 aromatic carbocycles. The molecule has 0 radical (unpaired) electrons. The Labute approximate surface area is 111 Å². The first kappa shape index (κ1) is 16.0. The van der Waals surface area contributed by atoms with Crippen molar-refractivity contribution in [3.05, 3.63) is 11.4 Å². The normalized spacial score (nSPS) is 22.7. The van der Waals surface area contributed by atoms with Gasteiger partial charge in [0.15, 0.2) is 0 Å². The Morgan fingerprint density at radius 1 is 1.61 bits per heavy atom. The number of allylic oxidation sites excluding steroid dienone is 1. The van der Waals surface area contributed by atoms with Crippen molar-refractivity contribution in [1.82, 2.24) is 5.23 Å². The molecule has 0 bridgehead atoms.